The summed E-state index contributed by atoms with van der Waals surface area (Å²) in [7, 11) is 0. The van der Waals surface area contributed by atoms with E-state index in [4.69, 9.17) is 5.26 Å². The number of carbonyl (C=O) groups excluding carboxylic acids is 1. The first-order valence-corrected chi connectivity index (χ1v) is 5.13. The Hall–Kier alpha value is -1.08. The molecule has 0 saturated carbocycles. The molecule has 1 rings (SSSR count). The van der Waals surface area contributed by atoms with Crippen molar-refractivity contribution in [1.82, 2.24) is 10.6 Å². The predicted octanol–water partition coefficient (Wildman–Crippen LogP) is 0.404. The first kappa shape index (κ1) is 11.0. The second-order valence-electron chi connectivity index (χ2n) is 3.75. The summed E-state index contributed by atoms with van der Waals surface area (Å²) in [4.78, 5) is 11.6. The molecule has 1 heterocycles. The van der Waals surface area contributed by atoms with E-state index in [1.807, 2.05) is 0 Å². The number of unbranched alkanes of at least 4 members (excludes halogenated alkanes) is 1. The summed E-state index contributed by atoms with van der Waals surface area (Å²) >= 11 is 0. The van der Waals surface area contributed by atoms with Gasteiger partial charge in [-0.2, -0.15) is 5.26 Å². The molecule has 4 heteroatoms. The molecule has 0 aromatic carbocycles. The van der Waals surface area contributed by atoms with Crippen LogP contribution in [0.15, 0.2) is 0 Å². The maximum atomic E-state index is 11.6. The summed E-state index contributed by atoms with van der Waals surface area (Å²) in [5, 5.41) is 14.3. The molecular weight excluding hydrogens is 178 g/mol. The smallest absolute Gasteiger partial charge is 0.237 e. The van der Waals surface area contributed by atoms with Crippen molar-refractivity contribution < 1.29 is 4.79 Å². The van der Waals surface area contributed by atoms with E-state index in [0.29, 0.717) is 18.9 Å². The molecule has 2 N–H and O–H groups in total. The summed E-state index contributed by atoms with van der Waals surface area (Å²) in [5.74, 6) is 0.499. The summed E-state index contributed by atoms with van der Waals surface area (Å²) < 4.78 is 0. The zero-order chi connectivity index (χ0) is 10.4. The molecule has 0 aromatic heterocycles. The van der Waals surface area contributed by atoms with Gasteiger partial charge in [-0.25, -0.2) is 0 Å². The van der Waals surface area contributed by atoms with E-state index in [1.54, 1.807) is 0 Å². The third-order valence-electron chi connectivity index (χ3n) is 2.58. The first-order valence-electron chi connectivity index (χ1n) is 5.13. The lowest BCUT2D eigenvalue weighted by atomic mass is 10.0. The zero-order valence-electron chi connectivity index (χ0n) is 8.55. The maximum Gasteiger partial charge on any atom is 0.237 e. The fraction of sp³-hybridized carbons (Fsp3) is 0.800. The van der Waals surface area contributed by atoms with E-state index in [1.165, 1.54) is 0 Å². The van der Waals surface area contributed by atoms with Gasteiger partial charge in [0.25, 0.3) is 0 Å². The molecule has 4 nitrogen and oxygen atoms in total. The molecule has 14 heavy (non-hydrogen) atoms. The number of nitrogens with zero attached hydrogens (tertiary/aromatic N) is 1. The summed E-state index contributed by atoms with van der Waals surface area (Å²) in [6.45, 7) is 3.62. The Balaban J connectivity index is 2.18. The largest absolute Gasteiger partial charge is 0.355 e. The van der Waals surface area contributed by atoms with Gasteiger partial charge in [0, 0.05) is 13.0 Å². The normalized spacial score (nSPS) is 25.7. The predicted molar refractivity (Wildman–Crippen MR) is 53.4 cm³/mol. The molecule has 1 aliphatic rings. The Morgan fingerprint density at radius 3 is 3.07 bits per heavy atom. The van der Waals surface area contributed by atoms with Gasteiger partial charge in [0.1, 0.15) is 0 Å². The second kappa shape index (κ2) is 5.61. The van der Waals surface area contributed by atoms with Crippen LogP contribution in [0.2, 0.25) is 0 Å². The Bertz CT molecular complexity index is 234. The van der Waals surface area contributed by atoms with Gasteiger partial charge in [0.2, 0.25) is 5.91 Å². The molecule has 0 radical (unpaired) electrons. The van der Waals surface area contributed by atoms with Gasteiger partial charge in [-0.1, -0.05) is 6.92 Å². The Kier molecular flexibility index (Phi) is 4.41. The van der Waals surface area contributed by atoms with Crippen molar-refractivity contribution in [3.63, 3.8) is 0 Å². The molecule has 78 valence electrons. The van der Waals surface area contributed by atoms with Crippen LogP contribution in [0.4, 0.5) is 0 Å². The second-order valence-corrected chi connectivity index (χ2v) is 3.75. The van der Waals surface area contributed by atoms with Crippen molar-refractivity contribution in [2.75, 3.05) is 13.1 Å². The highest BCUT2D eigenvalue weighted by molar-refractivity contribution is 5.82. The van der Waals surface area contributed by atoms with Gasteiger partial charge in [0.05, 0.1) is 12.1 Å². The number of amides is 1. The van der Waals surface area contributed by atoms with Crippen LogP contribution < -0.4 is 10.6 Å². The van der Waals surface area contributed by atoms with Gasteiger partial charge < -0.3 is 10.6 Å². The Morgan fingerprint density at radius 1 is 1.71 bits per heavy atom. The highest BCUT2D eigenvalue weighted by Crippen LogP contribution is 2.13. The van der Waals surface area contributed by atoms with Crippen LogP contribution in [0.1, 0.15) is 26.2 Å². The van der Waals surface area contributed by atoms with Crippen molar-refractivity contribution in [2.24, 2.45) is 5.92 Å². The molecule has 1 aliphatic heterocycles. The number of hydrogen-bond acceptors (Lipinski definition) is 3. The van der Waals surface area contributed by atoms with Crippen LogP contribution in [0.3, 0.4) is 0 Å². The molecule has 0 spiro atoms. The number of nitrogens with one attached hydrogen (secondary N) is 2. The van der Waals surface area contributed by atoms with Crippen LogP contribution in [0, 0.1) is 17.2 Å². The van der Waals surface area contributed by atoms with Crippen LogP contribution in [-0.4, -0.2) is 25.0 Å². The molecule has 2 unspecified atom stereocenters. The third-order valence-corrected chi connectivity index (χ3v) is 2.58. The van der Waals surface area contributed by atoms with Crippen molar-refractivity contribution >= 4 is 5.91 Å². The van der Waals surface area contributed by atoms with E-state index in [9.17, 15) is 4.79 Å². The minimum Gasteiger partial charge on any atom is -0.355 e. The first-order chi connectivity index (χ1) is 6.75. The van der Waals surface area contributed by atoms with E-state index >= 15 is 0 Å². The molecule has 1 fully saturated rings. The lowest BCUT2D eigenvalue weighted by Crippen LogP contribution is -2.43. The Morgan fingerprint density at radius 2 is 2.50 bits per heavy atom. The van der Waals surface area contributed by atoms with E-state index < -0.39 is 0 Å². The van der Waals surface area contributed by atoms with Gasteiger partial charge in [-0.05, 0) is 25.3 Å². The van der Waals surface area contributed by atoms with Gasteiger partial charge >= 0.3 is 0 Å². The molecule has 0 aliphatic carbocycles. The van der Waals surface area contributed by atoms with Gasteiger partial charge in [-0.15, -0.1) is 0 Å². The molecule has 0 bridgehead atoms. The van der Waals surface area contributed by atoms with Gasteiger partial charge in [0.15, 0.2) is 0 Å². The van der Waals surface area contributed by atoms with Crippen LogP contribution in [-0.2, 0) is 4.79 Å². The highest BCUT2D eigenvalue weighted by atomic mass is 16.2. The van der Waals surface area contributed by atoms with Crippen molar-refractivity contribution in [2.45, 2.75) is 32.2 Å². The van der Waals surface area contributed by atoms with Crippen molar-refractivity contribution in [3.05, 3.63) is 0 Å². The summed E-state index contributed by atoms with van der Waals surface area (Å²) in [6.07, 6.45) is 2.31. The average molecular weight is 195 g/mol. The van der Waals surface area contributed by atoms with Crippen LogP contribution >= 0.6 is 0 Å². The SMILES string of the molecule is CC1CCNC1C(=O)NCCCC#N. The zero-order valence-corrected chi connectivity index (χ0v) is 8.55. The Labute approximate surface area is 84.7 Å². The summed E-state index contributed by atoms with van der Waals surface area (Å²) in [5.41, 5.74) is 0. The van der Waals surface area contributed by atoms with Crippen molar-refractivity contribution in [1.29, 1.82) is 5.26 Å². The lowest BCUT2D eigenvalue weighted by Gasteiger charge is -2.14. The minimum absolute atomic E-state index is 0.0305. The topological polar surface area (TPSA) is 64.9 Å². The van der Waals surface area contributed by atoms with Crippen molar-refractivity contribution in [3.8, 4) is 6.07 Å². The quantitative estimate of drug-likeness (QED) is 0.638. The number of carbonyl (C=O) groups is 1. The van der Waals surface area contributed by atoms with Crippen LogP contribution in [0.5, 0.6) is 0 Å². The molecule has 1 saturated heterocycles. The number of rotatable bonds is 4. The summed E-state index contributed by atoms with van der Waals surface area (Å²) in [6, 6.07) is 2.02. The molecular formula is C10H17N3O. The standard InChI is InChI=1S/C10H17N3O/c1-8-4-7-12-9(8)10(14)13-6-3-2-5-11/h8-9,12H,2-4,6-7H2,1H3,(H,13,14). The van der Waals surface area contributed by atoms with E-state index in [2.05, 4.69) is 23.6 Å². The van der Waals surface area contributed by atoms with Gasteiger partial charge in [-0.3, -0.25) is 4.79 Å². The number of nitriles is 1. The lowest BCUT2D eigenvalue weighted by molar-refractivity contribution is -0.123. The molecule has 1 amide bonds. The monoisotopic (exact) mass is 195 g/mol. The van der Waals surface area contributed by atoms with E-state index in [-0.39, 0.29) is 11.9 Å². The molecule has 0 aromatic rings. The average Bonchev–Trinajstić information content (AvgIpc) is 2.59. The minimum atomic E-state index is -0.0305. The molecule has 2 atom stereocenters. The number of hydrogen-bond donors (Lipinski definition) is 2. The maximum absolute atomic E-state index is 11.6. The third kappa shape index (κ3) is 3.00. The fourth-order valence-corrected chi connectivity index (χ4v) is 1.67. The highest BCUT2D eigenvalue weighted by Gasteiger charge is 2.28. The van der Waals surface area contributed by atoms with E-state index in [0.717, 1.165) is 19.4 Å². The fourth-order valence-electron chi connectivity index (χ4n) is 1.67. The van der Waals surface area contributed by atoms with Crippen LogP contribution in [0.25, 0.3) is 0 Å².